The fourth-order valence-corrected chi connectivity index (χ4v) is 3.67. The smallest absolute Gasteiger partial charge is 0.254 e. The number of rotatable bonds is 4. The molecule has 1 aliphatic heterocycles. The summed E-state index contributed by atoms with van der Waals surface area (Å²) in [5.74, 6) is 1.41. The molecular weight excluding hydrogens is 356 g/mol. The Bertz CT molecular complexity index is 1020. The van der Waals surface area contributed by atoms with Crippen LogP contribution in [0.2, 0.25) is 0 Å². The summed E-state index contributed by atoms with van der Waals surface area (Å²) in [6.07, 6.45) is 2.48. The van der Waals surface area contributed by atoms with Gasteiger partial charge in [0.2, 0.25) is 0 Å². The van der Waals surface area contributed by atoms with Crippen molar-refractivity contribution in [3.8, 4) is 17.3 Å². The average molecular weight is 380 g/mol. The van der Waals surface area contributed by atoms with Crippen LogP contribution in [-0.4, -0.2) is 49.0 Å². The van der Waals surface area contributed by atoms with Crippen LogP contribution >= 0.6 is 0 Å². The molecule has 0 spiro atoms. The average Bonchev–Trinajstić information content (AvgIpc) is 3.32. The number of nitrogens with zero attached hydrogens (tertiary/aromatic N) is 6. The number of carbonyl (C=O) groups excluding carboxylic acids is 1. The lowest BCUT2D eigenvalue weighted by molar-refractivity contribution is 0.0733. The number of aryl methyl sites for hydroxylation is 1. The first kappa shape index (κ1) is 18.2. The second kappa shape index (κ2) is 7.10. The van der Waals surface area contributed by atoms with Crippen LogP contribution in [0.5, 0.6) is 5.75 Å². The molecule has 0 saturated carbocycles. The molecule has 3 heterocycles. The molecule has 0 bridgehead atoms. The molecule has 0 radical (unpaired) electrons. The minimum Gasteiger partial charge on any atom is -0.497 e. The molecule has 8 heteroatoms. The van der Waals surface area contributed by atoms with Gasteiger partial charge in [0.15, 0.2) is 5.82 Å². The summed E-state index contributed by atoms with van der Waals surface area (Å²) in [4.78, 5) is 14.9. The normalized spacial score (nSPS) is 13.7. The van der Waals surface area contributed by atoms with E-state index in [1.807, 2.05) is 39.4 Å². The van der Waals surface area contributed by atoms with Crippen molar-refractivity contribution in [2.45, 2.75) is 32.9 Å². The predicted molar refractivity (Wildman–Crippen MR) is 104 cm³/mol. The number of methoxy groups -OCH3 is 1. The molecule has 3 aromatic rings. The molecular formula is C20H24N6O2. The Morgan fingerprint density at radius 3 is 2.86 bits per heavy atom. The quantitative estimate of drug-likeness (QED) is 0.695. The molecule has 1 aliphatic rings. The van der Waals surface area contributed by atoms with Crippen LogP contribution in [-0.2, 0) is 20.0 Å². The zero-order valence-electron chi connectivity index (χ0n) is 16.6. The van der Waals surface area contributed by atoms with Crippen molar-refractivity contribution in [1.29, 1.82) is 0 Å². The second-order valence-electron chi connectivity index (χ2n) is 7.26. The van der Waals surface area contributed by atoms with E-state index >= 15 is 0 Å². The maximum absolute atomic E-state index is 13.1. The standard InChI is InChI=1S/C20H24N6O2/c1-13(2)26-12-21-22-19(26)18-16-11-25(9-8-17(16)24(3)23-18)20(27)14-6-5-7-15(10-14)28-4/h5-7,10,12-13H,8-9,11H2,1-4H3. The van der Waals surface area contributed by atoms with Gasteiger partial charge in [-0.15, -0.1) is 10.2 Å². The lowest BCUT2D eigenvalue weighted by Crippen LogP contribution is -2.36. The van der Waals surface area contributed by atoms with Gasteiger partial charge in [-0.1, -0.05) is 6.07 Å². The number of fused-ring (bicyclic) bond motifs is 1. The Balaban J connectivity index is 1.68. The van der Waals surface area contributed by atoms with Gasteiger partial charge >= 0.3 is 0 Å². The summed E-state index contributed by atoms with van der Waals surface area (Å²) in [7, 11) is 3.54. The number of benzene rings is 1. The molecule has 4 rings (SSSR count). The molecule has 0 atom stereocenters. The highest BCUT2D eigenvalue weighted by atomic mass is 16.5. The van der Waals surface area contributed by atoms with E-state index in [4.69, 9.17) is 9.84 Å². The monoisotopic (exact) mass is 380 g/mol. The summed E-state index contributed by atoms with van der Waals surface area (Å²) in [6.45, 7) is 5.32. The summed E-state index contributed by atoms with van der Waals surface area (Å²) in [6, 6.07) is 7.49. The Morgan fingerprint density at radius 2 is 2.11 bits per heavy atom. The lowest BCUT2D eigenvalue weighted by atomic mass is 10.0. The highest BCUT2D eigenvalue weighted by molar-refractivity contribution is 5.94. The molecule has 1 amide bonds. The number of hydrogen-bond acceptors (Lipinski definition) is 5. The van der Waals surface area contributed by atoms with Crippen LogP contribution < -0.4 is 4.74 Å². The minimum absolute atomic E-state index is 0.00956. The van der Waals surface area contributed by atoms with E-state index in [1.54, 1.807) is 19.5 Å². The van der Waals surface area contributed by atoms with Gasteiger partial charge in [0, 0.05) is 42.9 Å². The fourth-order valence-electron chi connectivity index (χ4n) is 3.67. The van der Waals surface area contributed by atoms with Gasteiger partial charge in [0.25, 0.3) is 5.91 Å². The Kier molecular flexibility index (Phi) is 4.62. The molecule has 1 aromatic carbocycles. The molecule has 0 N–H and O–H groups in total. The van der Waals surface area contributed by atoms with Crippen LogP contribution in [0.25, 0.3) is 11.5 Å². The molecule has 28 heavy (non-hydrogen) atoms. The van der Waals surface area contributed by atoms with Gasteiger partial charge in [-0.25, -0.2) is 0 Å². The Labute approximate surface area is 163 Å². The van der Waals surface area contributed by atoms with Crippen LogP contribution in [0.4, 0.5) is 0 Å². The van der Waals surface area contributed by atoms with Crippen molar-refractivity contribution in [1.82, 2.24) is 29.4 Å². The van der Waals surface area contributed by atoms with E-state index < -0.39 is 0 Å². The van der Waals surface area contributed by atoms with Crippen LogP contribution in [0.1, 0.15) is 41.5 Å². The van der Waals surface area contributed by atoms with E-state index in [0.717, 1.165) is 29.2 Å². The van der Waals surface area contributed by atoms with Gasteiger partial charge in [-0.2, -0.15) is 5.10 Å². The number of ether oxygens (including phenoxy) is 1. The van der Waals surface area contributed by atoms with Crippen molar-refractivity contribution < 1.29 is 9.53 Å². The Morgan fingerprint density at radius 1 is 1.29 bits per heavy atom. The van der Waals surface area contributed by atoms with Crippen molar-refractivity contribution in [2.24, 2.45) is 7.05 Å². The number of hydrogen-bond donors (Lipinski definition) is 0. The van der Waals surface area contributed by atoms with Gasteiger partial charge in [-0.05, 0) is 32.0 Å². The maximum atomic E-state index is 13.1. The molecule has 0 fully saturated rings. The summed E-state index contributed by atoms with van der Waals surface area (Å²) < 4.78 is 9.16. The van der Waals surface area contributed by atoms with Gasteiger partial charge < -0.3 is 14.2 Å². The largest absolute Gasteiger partial charge is 0.497 e. The van der Waals surface area contributed by atoms with Crippen LogP contribution in [0.15, 0.2) is 30.6 Å². The first-order valence-corrected chi connectivity index (χ1v) is 9.37. The number of amides is 1. The molecule has 0 aliphatic carbocycles. The molecule has 0 unspecified atom stereocenters. The third-order valence-electron chi connectivity index (χ3n) is 5.19. The molecule has 8 nitrogen and oxygen atoms in total. The highest BCUT2D eigenvalue weighted by Gasteiger charge is 2.29. The van der Waals surface area contributed by atoms with Crippen LogP contribution in [0.3, 0.4) is 0 Å². The lowest BCUT2D eigenvalue weighted by Gasteiger charge is -2.28. The topological polar surface area (TPSA) is 78.1 Å². The van der Waals surface area contributed by atoms with Gasteiger partial charge in [0.05, 0.1) is 13.7 Å². The van der Waals surface area contributed by atoms with E-state index in [1.165, 1.54) is 0 Å². The summed E-state index contributed by atoms with van der Waals surface area (Å²) >= 11 is 0. The van der Waals surface area contributed by atoms with Crippen molar-refractivity contribution in [2.75, 3.05) is 13.7 Å². The van der Waals surface area contributed by atoms with E-state index in [2.05, 4.69) is 24.0 Å². The van der Waals surface area contributed by atoms with Crippen molar-refractivity contribution >= 4 is 5.91 Å². The first-order valence-electron chi connectivity index (χ1n) is 9.37. The fraction of sp³-hybridized carbons (Fsp3) is 0.400. The maximum Gasteiger partial charge on any atom is 0.254 e. The van der Waals surface area contributed by atoms with Crippen LogP contribution in [0, 0.1) is 0 Å². The predicted octanol–water partition coefficient (Wildman–Crippen LogP) is 2.47. The van der Waals surface area contributed by atoms with Crippen molar-refractivity contribution in [3.05, 3.63) is 47.4 Å². The zero-order chi connectivity index (χ0) is 19.8. The van der Waals surface area contributed by atoms with E-state index in [9.17, 15) is 4.79 Å². The second-order valence-corrected chi connectivity index (χ2v) is 7.26. The third kappa shape index (κ3) is 3.04. The first-order chi connectivity index (χ1) is 13.5. The number of aromatic nitrogens is 5. The third-order valence-corrected chi connectivity index (χ3v) is 5.19. The van der Waals surface area contributed by atoms with E-state index in [0.29, 0.717) is 24.4 Å². The molecule has 146 valence electrons. The Hall–Kier alpha value is -3.16. The summed E-state index contributed by atoms with van der Waals surface area (Å²) in [5, 5.41) is 13.1. The van der Waals surface area contributed by atoms with Gasteiger partial charge in [-0.3, -0.25) is 9.48 Å². The minimum atomic E-state index is -0.00956. The zero-order valence-corrected chi connectivity index (χ0v) is 16.6. The molecule has 0 saturated heterocycles. The summed E-state index contributed by atoms with van der Waals surface area (Å²) in [5.41, 5.74) is 3.60. The van der Waals surface area contributed by atoms with Gasteiger partial charge in [0.1, 0.15) is 17.8 Å². The SMILES string of the molecule is COc1cccc(C(=O)N2CCc3c(c(-c4nncn4C(C)C)nn3C)C2)c1. The van der Waals surface area contributed by atoms with Crippen molar-refractivity contribution in [3.63, 3.8) is 0 Å². The molecule has 2 aromatic heterocycles. The highest BCUT2D eigenvalue weighted by Crippen LogP contribution is 2.30. The number of carbonyl (C=O) groups is 1. The van der Waals surface area contributed by atoms with E-state index in [-0.39, 0.29) is 11.9 Å².